The van der Waals surface area contributed by atoms with Gasteiger partial charge in [0.05, 0.1) is 5.69 Å². The van der Waals surface area contributed by atoms with Crippen LogP contribution in [0.15, 0.2) is 89.9 Å². The molecule has 0 radical (unpaired) electrons. The standard InChI is InChI=1S/C20H14N2O2/c23-15-21-17-11-13-19(14-12-17)22(18-9-5-2-6-10-18)20(24)16-7-3-1-4-8-16/h1-14H. The minimum atomic E-state index is -0.131. The molecule has 0 unspecified atom stereocenters. The Balaban J connectivity index is 2.05. The van der Waals surface area contributed by atoms with Gasteiger partial charge in [0.2, 0.25) is 6.08 Å². The Morgan fingerprint density at radius 2 is 1.29 bits per heavy atom. The molecular weight excluding hydrogens is 300 g/mol. The molecule has 116 valence electrons. The summed E-state index contributed by atoms with van der Waals surface area (Å²) in [6.07, 6.45) is 1.51. The second kappa shape index (κ2) is 7.18. The Morgan fingerprint density at radius 1 is 0.750 bits per heavy atom. The number of nitrogens with zero attached hydrogens (tertiary/aromatic N) is 2. The molecule has 4 heteroatoms. The summed E-state index contributed by atoms with van der Waals surface area (Å²) in [5.41, 5.74) is 2.54. The van der Waals surface area contributed by atoms with Gasteiger partial charge in [0.15, 0.2) is 0 Å². The van der Waals surface area contributed by atoms with Crippen LogP contribution < -0.4 is 4.90 Å². The Bertz CT molecular complexity index is 869. The summed E-state index contributed by atoms with van der Waals surface area (Å²) in [4.78, 5) is 28.6. The highest BCUT2D eigenvalue weighted by Crippen LogP contribution is 2.29. The number of benzene rings is 3. The van der Waals surface area contributed by atoms with Gasteiger partial charge in [-0.3, -0.25) is 9.69 Å². The third-order valence-electron chi connectivity index (χ3n) is 3.52. The highest BCUT2D eigenvalue weighted by Gasteiger charge is 2.19. The van der Waals surface area contributed by atoms with Gasteiger partial charge in [-0.1, -0.05) is 36.4 Å². The Hall–Kier alpha value is -3.49. The molecule has 0 aliphatic heterocycles. The molecule has 24 heavy (non-hydrogen) atoms. The van der Waals surface area contributed by atoms with Gasteiger partial charge in [-0.2, -0.15) is 4.99 Å². The van der Waals surface area contributed by atoms with Crippen molar-refractivity contribution in [2.45, 2.75) is 0 Å². The highest BCUT2D eigenvalue weighted by atomic mass is 16.2. The van der Waals surface area contributed by atoms with Gasteiger partial charge in [0.1, 0.15) is 0 Å². The van der Waals surface area contributed by atoms with Crippen LogP contribution in [0.2, 0.25) is 0 Å². The van der Waals surface area contributed by atoms with Gasteiger partial charge < -0.3 is 0 Å². The van der Waals surface area contributed by atoms with Crippen molar-refractivity contribution < 1.29 is 9.59 Å². The normalized spacial score (nSPS) is 9.83. The number of hydrogen-bond donors (Lipinski definition) is 0. The van der Waals surface area contributed by atoms with Crippen molar-refractivity contribution in [3.05, 3.63) is 90.5 Å². The average Bonchev–Trinajstić information content (AvgIpc) is 2.65. The molecule has 3 aromatic carbocycles. The topological polar surface area (TPSA) is 49.7 Å². The maximum Gasteiger partial charge on any atom is 0.262 e. The van der Waals surface area contributed by atoms with Crippen molar-refractivity contribution in [3.63, 3.8) is 0 Å². The first-order valence-corrected chi connectivity index (χ1v) is 7.42. The molecular formula is C20H14N2O2. The number of anilines is 2. The van der Waals surface area contributed by atoms with Crippen molar-refractivity contribution in [1.29, 1.82) is 0 Å². The van der Waals surface area contributed by atoms with Crippen LogP contribution in [0.4, 0.5) is 17.1 Å². The molecule has 0 N–H and O–H groups in total. The van der Waals surface area contributed by atoms with Crippen molar-refractivity contribution >= 4 is 29.0 Å². The van der Waals surface area contributed by atoms with Gasteiger partial charge in [0, 0.05) is 16.9 Å². The number of rotatable bonds is 4. The van der Waals surface area contributed by atoms with Crippen LogP contribution in [0.1, 0.15) is 10.4 Å². The van der Waals surface area contributed by atoms with E-state index in [-0.39, 0.29) is 5.91 Å². The molecule has 0 saturated heterocycles. The molecule has 0 bridgehead atoms. The molecule has 1 amide bonds. The molecule has 0 aromatic heterocycles. The molecule has 3 rings (SSSR count). The van der Waals surface area contributed by atoms with E-state index < -0.39 is 0 Å². The minimum absolute atomic E-state index is 0.131. The molecule has 0 atom stereocenters. The minimum Gasteiger partial charge on any atom is -0.277 e. The lowest BCUT2D eigenvalue weighted by molar-refractivity contribution is 0.0999. The molecule has 0 saturated carbocycles. The van der Waals surface area contributed by atoms with Crippen LogP contribution in [0.5, 0.6) is 0 Å². The van der Waals surface area contributed by atoms with Crippen LogP contribution in [-0.4, -0.2) is 12.0 Å². The molecule has 4 nitrogen and oxygen atoms in total. The van der Waals surface area contributed by atoms with E-state index in [1.165, 1.54) is 6.08 Å². The zero-order valence-corrected chi connectivity index (χ0v) is 12.8. The van der Waals surface area contributed by atoms with Crippen molar-refractivity contribution in [2.75, 3.05) is 4.90 Å². The zero-order chi connectivity index (χ0) is 16.8. The van der Waals surface area contributed by atoms with E-state index in [1.807, 2.05) is 48.5 Å². The lowest BCUT2D eigenvalue weighted by atomic mass is 10.1. The predicted molar refractivity (Wildman–Crippen MR) is 93.6 cm³/mol. The van der Waals surface area contributed by atoms with Gasteiger partial charge in [0.25, 0.3) is 5.91 Å². The van der Waals surface area contributed by atoms with Gasteiger partial charge in [-0.15, -0.1) is 0 Å². The van der Waals surface area contributed by atoms with E-state index in [1.54, 1.807) is 41.3 Å². The first-order valence-electron chi connectivity index (χ1n) is 7.42. The van der Waals surface area contributed by atoms with Crippen molar-refractivity contribution in [1.82, 2.24) is 0 Å². The highest BCUT2D eigenvalue weighted by molar-refractivity contribution is 6.10. The number of para-hydroxylation sites is 1. The number of aliphatic imine (C=N–C) groups is 1. The summed E-state index contributed by atoms with van der Waals surface area (Å²) >= 11 is 0. The third-order valence-corrected chi connectivity index (χ3v) is 3.52. The summed E-state index contributed by atoms with van der Waals surface area (Å²) in [5, 5.41) is 0. The lowest BCUT2D eigenvalue weighted by Gasteiger charge is -2.23. The van der Waals surface area contributed by atoms with Crippen molar-refractivity contribution in [3.8, 4) is 0 Å². The van der Waals surface area contributed by atoms with Crippen LogP contribution >= 0.6 is 0 Å². The van der Waals surface area contributed by atoms with E-state index in [0.717, 1.165) is 5.69 Å². The fraction of sp³-hybridized carbons (Fsp3) is 0. The van der Waals surface area contributed by atoms with E-state index >= 15 is 0 Å². The maximum atomic E-state index is 13.0. The van der Waals surface area contributed by atoms with Crippen LogP contribution in [0, 0.1) is 0 Å². The van der Waals surface area contributed by atoms with Crippen molar-refractivity contribution in [2.24, 2.45) is 4.99 Å². The Kier molecular flexibility index (Phi) is 4.61. The average molecular weight is 314 g/mol. The summed E-state index contributed by atoms with van der Waals surface area (Å²) in [6.45, 7) is 0. The Morgan fingerprint density at radius 3 is 1.88 bits per heavy atom. The molecule has 0 aliphatic rings. The van der Waals surface area contributed by atoms with Gasteiger partial charge >= 0.3 is 0 Å². The first-order chi connectivity index (χ1) is 11.8. The molecule has 0 heterocycles. The van der Waals surface area contributed by atoms with Gasteiger partial charge in [-0.05, 0) is 48.5 Å². The quantitative estimate of drug-likeness (QED) is 0.520. The fourth-order valence-corrected chi connectivity index (χ4v) is 2.40. The molecule has 3 aromatic rings. The van der Waals surface area contributed by atoms with Crippen LogP contribution in [0.25, 0.3) is 0 Å². The zero-order valence-electron chi connectivity index (χ0n) is 12.8. The summed E-state index contributed by atoms with van der Waals surface area (Å²) in [5.74, 6) is -0.131. The number of carbonyl (C=O) groups is 1. The summed E-state index contributed by atoms with van der Waals surface area (Å²) in [7, 11) is 0. The fourth-order valence-electron chi connectivity index (χ4n) is 2.40. The second-order valence-corrected chi connectivity index (χ2v) is 5.06. The number of amides is 1. The molecule has 0 aliphatic carbocycles. The summed E-state index contributed by atoms with van der Waals surface area (Å²) < 4.78 is 0. The van der Waals surface area contributed by atoms with E-state index in [9.17, 15) is 9.59 Å². The van der Waals surface area contributed by atoms with Gasteiger partial charge in [-0.25, -0.2) is 4.79 Å². The predicted octanol–water partition coefficient (Wildman–Crippen LogP) is 4.63. The largest absolute Gasteiger partial charge is 0.277 e. The molecule has 0 fully saturated rings. The number of carbonyl (C=O) groups excluding carboxylic acids is 2. The Labute approximate surface area is 139 Å². The van der Waals surface area contributed by atoms with E-state index in [2.05, 4.69) is 4.99 Å². The molecule has 0 spiro atoms. The monoisotopic (exact) mass is 314 g/mol. The summed E-state index contributed by atoms with van der Waals surface area (Å²) in [6, 6.07) is 25.4. The maximum absolute atomic E-state index is 13.0. The van der Waals surface area contributed by atoms with E-state index in [0.29, 0.717) is 16.9 Å². The van der Waals surface area contributed by atoms with Crippen LogP contribution in [0.3, 0.4) is 0 Å². The smallest absolute Gasteiger partial charge is 0.262 e. The third kappa shape index (κ3) is 3.29. The second-order valence-electron chi connectivity index (χ2n) is 5.06. The van der Waals surface area contributed by atoms with Crippen LogP contribution in [-0.2, 0) is 4.79 Å². The number of hydrogen-bond acceptors (Lipinski definition) is 3. The first kappa shape index (κ1) is 15.4. The SMILES string of the molecule is O=C=Nc1ccc(N(C(=O)c2ccccc2)c2ccccc2)cc1. The number of isocyanates is 1. The lowest BCUT2D eigenvalue weighted by Crippen LogP contribution is -2.25. The van der Waals surface area contributed by atoms with E-state index in [4.69, 9.17) is 0 Å².